The number of pyridine rings is 1. The van der Waals surface area contributed by atoms with Crippen molar-refractivity contribution in [2.24, 2.45) is 11.3 Å². The third kappa shape index (κ3) is 12.6. The number of nitrogens with zero attached hydrogens (tertiary/aromatic N) is 6. The molecule has 11 rings (SSSR count). The van der Waals surface area contributed by atoms with Crippen LogP contribution >= 0.6 is 11.6 Å². The van der Waals surface area contributed by atoms with Crippen molar-refractivity contribution in [3.05, 3.63) is 152 Å². The number of hydrogen-bond acceptors (Lipinski definition) is 15. The van der Waals surface area contributed by atoms with Gasteiger partial charge in [-0.2, -0.15) is 0 Å². The fraction of sp³-hybridized carbons (Fsp3) is 0.355. The summed E-state index contributed by atoms with van der Waals surface area (Å²) in [5.74, 6) is 3.29. The quantitative estimate of drug-likeness (QED) is 0.0306. The van der Waals surface area contributed by atoms with Crippen molar-refractivity contribution in [3.8, 4) is 23.3 Å². The lowest BCUT2D eigenvalue weighted by atomic mass is 9.72. The van der Waals surface area contributed by atoms with Crippen molar-refractivity contribution in [1.82, 2.24) is 34.7 Å². The molecule has 4 aliphatic heterocycles. The van der Waals surface area contributed by atoms with Gasteiger partial charge in [0.1, 0.15) is 28.9 Å². The minimum atomic E-state index is -4.67. The molecule has 2 unspecified atom stereocenters. The number of allylic oxidation sites excluding steroid dienone is 1. The summed E-state index contributed by atoms with van der Waals surface area (Å²) in [4.78, 5) is 91.9. The van der Waals surface area contributed by atoms with E-state index in [2.05, 4.69) is 77.8 Å². The Labute approximate surface area is 491 Å². The Kier molecular flexibility index (Phi) is 16.4. The van der Waals surface area contributed by atoms with E-state index in [-0.39, 0.29) is 52.3 Å². The molecule has 1 aliphatic carbocycles. The normalized spacial score (nSPS) is 19.4. The number of nitrogens with one attached hydrogen (secondary N) is 4. The van der Waals surface area contributed by atoms with Crippen LogP contribution in [0.15, 0.2) is 114 Å². The average molecular weight is 1180 g/mol. The number of nitro groups is 1. The van der Waals surface area contributed by atoms with Gasteiger partial charge in [0.2, 0.25) is 11.8 Å². The number of piperazine rings is 1. The van der Waals surface area contributed by atoms with Crippen LogP contribution in [0.1, 0.15) is 107 Å². The van der Waals surface area contributed by atoms with Gasteiger partial charge in [0, 0.05) is 105 Å². The number of rotatable bonds is 16. The summed E-state index contributed by atoms with van der Waals surface area (Å²) in [6.07, 6.45) is 8.57. The highest BCUT2D eigenvalue weighted by Crippen LogP contribution is 2.44. The maximum atomic E-state index is 14.2. The molecule has 6 aromatic rings. The lowest BCUT2D eigenvalue weighted by molar-refractivity contribution is -0.384. The summed E-state index contributed by atoms with van der Waals surface area (Å²) in [6, 6.07) is 23.9. The number of H-pyrrole nitrogens is 1. The number of benzene rings is 4. The third-order valence-corrected chi connectivity index (χ3v) is 18.1. The predicted molar refractivity (Wildman–Crippen MR) is 317 cm³/mol. The van der Waals surface area contributed by atoms with Gasteiger partial charge in [-0.15, -0.1) is 0 Å². The summed E-state index contributed by atoms with van der Waals surface area (Å²) in [5, 5.41) is 19.4. The lowest BCUT2D eigenvalue weighted by Gasteiger charge is -2.39. The first-order valence-electron chi connectivity index (χ1n) is 28.2. The molecule has 6 heterocycles. The molecule has 84 heavy (non-hydrogen) atoms. The molecule has 4 aromatic carbocycles. The molecule has 3 fully saturated rings. The molecule has 0 radical (unpaired) electrons. The second-order valence-electron chi connectivity index (χ2n) is 22.8. The monoisotopic (exact) mass is 1170 g/mol. The van der Waals surface area contributed by atoms with E-state index >= 15 is 0 Å². The van der Waals surface area contributed by atoms with Crippen LogP contribution in [0.5, 0.6) is 11.5 Å². The molecule has 5 aliphatic rings. The standard InChI is InChI=1S/C62H63ClN10O10S/c1-62(2)23-21-43(50(34-62)40-11-13-44(63)14-12-40)38-70-27-29-71(30-28-70)45-15-17-48(54(32-45)83-46-31-42-22-24-64-57(42)66-36-46)58(75)68-84(81,82)47-16-18-51(53(33-47)73(79)80)65-35-39-7-6-26-69(37-39)25-4-3-8-41-9-5-10-49-56(41)61(78)72(60(49)77)52-19-20-55(74)67-59(52)76/h5,9-18,22,24,31-33,36,39,52,65H,4,6-7,19-21,23,25-30,34-35,37-38H2,1-2H3,(H,64,66)(H,68,75)(H,67,74,76). The number of carbonyl (C=O) groups excluding carboxylic acids is 5. The Morgan fingerprint density at radius 3 is 2.52 bits per heavy atom. The first-order valence-corrected chi connectivity index (χ1v) is 30.1. The van der Waals surface area contributed by atoms with Gasteiger partial charge in [0.25, 0.3) is 33.4 Å². The number of imide groups is 2. The number of piperidine rings is 2. The Bertz CT molecular complexity index is 3840. The van der Waals surface area contributed by atoms with Gasteiger partial charge in [-0.25, -0.2) is 18.1 Å². The highest BCUT2D eigenvalue weighted by atomic mass is 35.5. The number of anilines is 2. The zero-order valence-corrected chi connectivity index (χ0v) is 48.1. The van der Waals surface area contributed by atoms with Crippen LogP contribution in [0.3, 0.4) is 0 Å². The topological polar surface area (TPSA) is 250 Å². The number of sulfonamides is 1. The van der Waals surface area contributed by atoms with Gasteiger partial charge in [0.15, 0.2) is 0 Å². The lowest BCUT2D eigenvalue weighted by Crippen LogP contribution is -2.54. The SMILES string of the molecule is CC1(C)CCC(CN2CCN(c3ccc(C(=O)NS(=O)(=O)c4ccc(NCC5CCCN(CCC#Cc6cccc7c6C(=O)N(C6CCC(=O)NC6=O)C7=O)C5)c([N+](=O)[O-])c4)c(Oc4cnc5[nH]ccc5c4)c3)CC2)=C(c2ccc(Cl)cc2)C1. The number of nitro benzene ring substituents is 1. The molecule has 434 valence electrons. The zero-order valence-electron chi connectivity index (χ0n) is 46.5. The highest BCUT2D eigenvalue weighted by molar-refractivity contribution is 7.90. The number of hydrogen-bond donors (Lipinski definition) is 4. The van der Waals surface area contributed by atoms with E-state index in [9.17, 15) is 42.5 Å². The fourth-order valence-corrected chi connectivity index (χ4v) is 13.1. The van der Waals surface area contributed by atoms with E-state index in [1.165, 1.54) is 47.2 Å². The number of aromatic nitrogens is 2. The molecular weight excluding hydrogens is 1110 g/mol. The van der Waals surface area contributed by atoms with Gasteiger partial charge in [0.05, 0.1) is 32.7 Å². The minimum absolute atomic E-state index is 0.0158. The van der Waals surface area contributed by atoms with Crippen LogP contribution in [-0.4, -0.2) is 132 Å². The second-order valence-corrected chi connectivity index (χ2v) is 25.0. The molecule has 0 saturated carbocycles. The van der Waals surface area contributed by atoms with Crippen LogP contribution in [-0.2, 0) is 19.6 Å². The van der Waals surface area contributed by atoms with E-state index < -0.39 is 61.1 Å². The van der Waals surface area contributed by atoms with Crippen molar-refractivity contribution in [2.75, 3.05) is 69.1 Å². The number of likely N-dealkylation sites (tertiary alicyclic amines) is 1. The Hall–Kier alpha value is -8.42. The van der Waals surface area contributed by atoms with Crippen molar-refractivity contribution in [1.29, 1.82) is 0 Å². The molecule has 5 amide bonds. The van der Waals surface area contributed by atoms with Crippen LogP contribution in [0, 0.1) is 33.3 Å². The van der Waals surface area contributed by atoms with Gasteiger partial charge in [-0.1, -0.05) is 61.1 Å². The van der Waals surface area contributed by atoms with Crippen molar-refractivity contribution >= 4 is 84.8 Å². The van der Waals surface area contributed by atoms with E-state index in [1.54, 1.807) is 36.5 Å². The summed E-state index contributed by atoms with van der Waals surface area (Å²) < 4.78 is 36.5. The maximum absolute atomic E-state index is 14.2. The second kappa shape index (κ2) is 24.0. The largest absolute Gasteiger partial charge is 0.455 e. The van der Waals surface area contributed by atoms with Crippen molar-refractivity contribution < 1.29 is 42.1 Å². The van der Waals surface area contributed by atoms with E-state index in [4.69, 9.17) is 16.3 Å². The Balaban J connectivity index is 0.727. The van der Waals surface area contributed by atoms with Crippen LogP contribution < -0.4 is 25.0 Å². The Morgan fingerprint density at radius 2 is 1.74 bits per heavy atom. The smallest absolute Gasteiger partial charge is 0.293 e. The summed E-state index contributed by atoms with van der Waals surface area (Å²) >= 11 is 6.27. The zero-order chi connectivity index (χ0) is 58.9. The number of carbonyl (C=O) groups is 5. The Morgan fingerprint density at radius 1 is 0.929 bits per heavy atom. The summed E-state index contributed by atoms with van der Waals surface area (Å²) in [7, 11) is -4.67. The third-order valence-electron chi connectivity index (χ3n) is 16.5. The van der Waals surface area contributed by atoms with E-state index in [0.29, 0.717) is 61.1 Å². The van der Waals surface area contributed by atoms with Crippen LogP contribution in [0.2, 0.25) is 5.02 Å². The first-order chi connectivity index (χ1) is 40.4. The van der Waals surface area contributed by atoms with Gasteiger partial charge < -0.3 is 24.8 Å². The summed E-state index contributed by atoms with van der Waals surface area (Å²) in [6.45, 7) is 10.9. The highest BCUT2D eigenvalue weighted by Gasteiger charge is 2.45. The molecule has 3 saturated heterocycles. The van der Waals surface area contributed by atoms with Gasteiger partial charge >= 0.3 is 0 Å². The van der Waals surface area contributed by atoms with Crippen molar-refractivity contribution in [2.45, 2.75) is 76.2 Å². The molecule has 0 bridgehead atoms. The summed E-state index contributed by atoms with van der Waals surface area (Å²) in [5.41, 5.74) is 5.87. The number of ether oxygens (including phenoxy) is 1. The molecule has 20 nitrogen and oxygen atoms in total. The van der Waals surface area contributed by atoms with E-state index in [1.807, 2.05) is 18.2 Å². The minimum Gasteiger partial charge on any atom is -0.455 e. The molecular formula is C62H63ClN10O10S. The van der Waals surface area contributed by atoms with Crippen LogP contribution in [0.4, 0.5) is 17.1 Å². The molecule has 22 heteroatoms. The number of aromatic amines is 1. The first kappa shape index (κ1) is 57.4. The van der Waals surface area contributed by atoms with Crippen LogP contribution in [0.25, 0.3) is 16.6 Å². The predicted octanol–water partition coefficient (Wildman–Crippen LogP) is 8.79. The number of fused-ring (bicyclic) bond motifs is 2. The van der Waals surface area contributed by atoms with Gasteiger partial charge in [-0.05, 0) is 128 Å². The van der Waals surface area contributed by atoms with E-state index in [0.717, 1.165) is 80.3 Å². The molecule has 2 aromatic heterocycles. The van der Waals surface area contributed by atoms with Crippen molar-refractivity contribution in [3.63, 3.8) is 0 Å². The molecule has 0 spiro atoms. The molecule has 4 N–H and O–H groups in total. The number of amides is 5. The molecule has 2 atom stereocenters. The fourth-order valence-electron chi connectivity index (χ4n) is 12.0. The average Bonchev–Trinajstić information content (AvgIpc) is 3.21. The van der Waals surface area contributed by atoms with Gasteiger partial charge in [-0.3, -0.25) is 49.2 Å². The maximum Gasteiger partial charge on any atom is 0.293 e. The number of halogens is 1.